The summed E-state index contributed by atoms with van der Waals surface area (Å²) in [6, 6.07) is 3.75. The molecule has 2 aromatic rings. The first kappa shape index (κ1) is 22.2. The number of hydrogen-bond acceptors (Lipinski definition) is 7. The van der Waals surface area contributed by atoms with Crippen molar-refractivity contribution >= 4 is 23.5 Å². The third kappa shape index (κ3) is 4.18. The molecule has 170 valence electrons. The number of fused-ring (bicyclic) bond motifs is 1. The minimum absolute atomic E-state index is 0.0957. The van der Waals surface area contributed by atoms with Gasteiger partial charge in [0.15, 0.2) is 17.9 Å². The predicted molar refractivity (Wildman–Crippen MR) is 105 cm³/mol. The van der Waals surface area contributed by atoms with Crippen molar-refractivity contribution in [3.05, 3.63) is 52.8 Å². The van der Waals surface area contributed by atoms with Gasteiger partial charge in [-0.3, -0.25) is 20.0 Å². The predicted octanol–water partition coefficient (Wildman–Crippen LogP) is 2.14. The molecule has 9 nitrogen and oxygen atoms in total. The van der Waals surface area contributed by atoms with Gasteiger partial charge in [-0.1, -0.05) is 17.7 Å². The lowest BCUT2D eigenvalue weighted by atomic mass is 9.82. The summed E-state index contributed by atoms with van der Waals surface area (Å²) >= 11 is 5.89. The average Bonchev–Trinajstić information content (AvgIpc) is 3.02. The summed E-state index contributed by atoms with van der Waals surface area (Å²) in [7, 11) is 0. The van der Waals surface area contributed by atoms with Crippen LogP contribution in [0.1, 0.15) is 24.1 Å². The van der Waals surface area contributed by atoms with Crippen molar-refractivity contribution in [2.45, 2.75) is 38.1 Å². The first-order chi connectivity index (χ1) is 15.1. The number of halogens is 3. The van der Waals surface area contributed by atoms with E-state index in [1.807, 2.05) is 0 Å². The monoisotopic (exact) mass is 469 g/mol. The molecular weight excluding hydrogens is 452 g/mol. The first-order valence-corrected chi connectivity index (χ1v) is 9.92. The van der Waals surface area contributed by atoms with Gasteiger partial charge in [0.1, 0.15) is 6.04 Å². The number of aliphatic hydroxyl groups excluding tert-OH is 1. The smallest absolute Gasteiger partial charge is 0.480 e. The van der Waals surface area contributed by atoms with Gasteiger partial charge in [-0.2, -0.15) is 0 Å². The Kier molecular flexibility index (Phi) is 5.65. The molecule has 12 heteroatoms. The number of aliphatic hydroxyl groups is 1. The summed E-state index contributed by atoms with van der Waals surface area (Å²) in [6.07, 6.45) is -2.39. The van der Waals surface area contributed by atoms with Crippen molar-refractivity contribution in [2.24, 2.45) is 5.92 Å². The number of carbonyl (C=O) groups is 2. The van der Waals surface area contributed by atoms with E-state index in [2.05, 4.69) is 19.8 Å². The fraction of sp³-hybridized carbons (Fsp3) is 0.350. The van der Waals surface area contributed by atoms with Crippen LogP contribution in [0.4, 0.5) is 8.78 Å². The summed E-state index contributed by atoms with van der Waals surface area (Å²) < 4.78 is 35.2. The quantitative estimate of drug-likeness (QED) is 0.416. The zero-order chi connectivity index (χ0) is 23.2. The number of nitrogens with one attached hydrogen (secondary N) is 1. The number of aromatic nitrogens is 1. The molecule has 0 radical (unpaired) electrons. The van der Waals surface area contributed by atoms with E-state index in [-0.39, 0.29) is 17.9 Å². The van der Waals surface area contributed by atoms with Crippen LogP contribution < -0.4 is 14.8 Å². The molecule has 1 fully saturated rings. The fourth-order valence-corrected chi connectivity index (χ4v) is 3.99. The lowest BCUT2D eigenvalue weighted by Gasteiger charge is -2.47. The van der Waals surface area contributed by atoms with Crippen LogP contribution in [0.2, 0.25) is 5.02 Å². The molecule has 1 saturated heterocycles. The topological polar surface area (TPSA) is 121 Å². The molecule has 32 heavy (non-hydrogen) atoms. The summed E-state index contributed by atoms with van der Waals surface area (Å²) in [5, 5.41) is 23.2. The van der Waals surface area contributed by atoms with Crippen LogP contribution in [0, 0.1) is 5.92 Å². The zero-order valence-corrected chi connectivity index (χ0v) is 17.3. The molecular formula is C20H18ClF2N3O6. The van der Waals surface area contributed by atoms with Crippen molar-refractivity contribution in [1.82, 2.24) is 15.2 Å². The Morgan fingerprint density at radius 1 is 1.31 bits per heavy atom. The maximum atomic E-state index is 13.2. The molecule has 0 spiro atoms. The van der Waals surface area contributed by atoms with Gasteiger partial charge >= 0.3 is 12.3 Å². The number of hydrogen-bond donors (Lipinski definition) is 3. The number of carboxylic acids is 1. The number of benzene rings is 1. The maximum Gasteiger partial charge on any atom is 0.586 e. The SMILES string of the molecule is C[C@@H](NC(O)N1C(=O)[C@H](Cc2cncc(Cl)c2)[C@H]1C(=O)O)c1ccc2c(c1)OC(F)(F)O2. The van der Waals surface area contributed by atoms with E-state index in [1.165, 1.54) is 30.6 Å². The summed E-state index contributed by atoms with van der Waals surface area (Å²) in [6.45, 7) is 1.61. The average molecular weight is 470 g/mol. The number of rotatable bonds is 7. The summed E-state index contributed by atoms with van der Waals surface area (Å²) in [4.78, 5) is 29.2. The van der Waals surface area contributed by atoms with Gasteiger partial charge in [0.2, 0.25) is 5.91 Å². The number of aliphatic carboxylic acids is 1. The highest BCUT2D eigenvalue weighted by atomic mass is 35.5. The van der Waals surface area contributed by atoms with Gasteiger partial charge in [0, 0.05) is 18.4 Å². The van der Waals surface area contributed by atoms with Gasteiger partial charge in [-0.25, -0.2) is 4.79 Å². The molecule has 3 heterocycles. The van der Waals surface area contributed by atoms with Crippen molar-refractivity contribution in [1.29, 1.82) is 0 Å². The van der Waals surface area contributed by atoms with Crippen molar-refractivity contribution in [2.75, 3.05) is 0 Å². The molecule has 1 aromatic heterocycles. The Hall–Kier alpha value is -3.02. The number of amides is 1. The van der Waals surface area contributed by atoms with E-state index in [4.69, 9.17) is 11.6 Å². The van der Waals surface area contributed by atoms with Crippen LogP contribution in [0.3, 0.4) is 0 Å². The van der Waals surface area contributed by atoms with Gasteiger partial charge in [0.25, 0.3) is 0 Å². The minimum atomic E-state index is -3.76. The van der Waals surface area contributed by atoms with E-state index in [0.717, 1.165) is 4.90 Å². The molecule has 1 amide bonds. The number of alkyl halides is 2. The molecule has 4 atom stereocenters. The van der Waals surface area contributed by atoms with Crippen molar-refractivity contribution in [3.8, 4) is 11.5 Å². The van der Waals surface area contributed by atoms with Crippen molar-refractivity contribution in [3.63, 3.8) is 0 Å². The second kappa shape index (κ2) is 8.15. The third-order valence-electron chi connectivity index (χ3n) is 5.31. The number of likely N-dealkylation sites (tertiary alicyclic amines) is 1. The minimum Gasteiger partial charge on any atom is -0.480 e. The van der Waals surface area contributed by atoms with Gasteiger partial charge < -0.3 is 19.7 Å². The second-order valence-corrected chi connectivity index (χ2v) is 7.92. The van der Waals surface area contributed by atoms with E-state index in [9.17, 15) is 28.6 Å². The number of pyridine rings is 1. The first-order valence-electron chi connectivity index (χ1n) is 9.54. The molecule has 0 saturated carbocycles. The molecule has 0 aliphatic carbocycles. The van der Waals surface area contributed by atoms with E-state index >= 15 is 0 Å². The fourth-order valence-electron chi connectivity index (χ4n) is 3.79. The Morgan fingerprint density at radius 3 is 2.72 bits per heavy atom. The van der Waals surface area contributed by atoms with Crippen LogP contribution in [0.5, 0.6) is 11.5 Å². The molecule has 2 aliphatic heterocycles. The number of carbonyl (C=O) groups excluding carboxylic acids is 1. The number of ether oxygens (including phenoxy) is 2. The molecule has 0 bridgehead atoms. The van der Waals surface area contributed by atoms with Crippen LogP contribution in [-0.4, -0.2) is 50.7 Å². The molecule has 2 aliphatic rings. The Labute approximate surface area is 185 Å². The zero-order valence-electron chi connectivity index (χ0n) is 16.5. The van der Waals surface area contributed by atoms with E-state index in [0.29, 0.717) is 16.1 Å². The lowest BCUT2D eigenvalue weighted by Crippen LogP contribution is -2.70. The highest BCUT2D eigenvalue weighted by molar-refractivity contribution is 6.30. The summed E-state index contributed by atoms with van der Waals surface area (Å²) in [5.41, 5.74) is 1.04. The van der Waals surface area contributed by atoms with Gasteiger partial charge in [-0.15, -0.1) is 8.78 Å². The van der Waals surface area contributed by atoms with Gasteiger partial charge in [0.05, 0.1) is 10.9 Å². The van der Waals surface area contributed by atoms with E-state index < -0.39 is 42.5 Å². The highest BCUT2D eigenvalue weighted by Crippen LogP contribution is 2.42. The highest BCUT2D eigenvalue weighted by Gasteiger charge is 2.54. The Bertz CT molecular complexity index is 1070. The largest absolute Gasteiger partial charge is 0.586 e. The third-order valence-corrected chi connectivity index (χ3v) is 5.52. The second-order valence-electron chi connectivity index (χ2n) is 7.49. The van der Waals surface area contributed by atoms with Crippen LogP contribution >= 0.6 is 11.6 Å². The van der Waals surface area contributed by atoms with Crippen LogP contribution in [0.25, 0.3) is 0 Å². The lowest BCUT2D eigenvalue weighted by molar-refractivity contribution is -0.286. The molecule has 1 aromatic carbocycles. The molecule has 4 rings (SSSR count). The number of nitrogens with zero attached hydrogens (tertiary/aromatic N) is 2. The summed E-state index contributed by atoms with van der Waals surface area (Å²) in [5.74, 6) is -3.03. The van der Waals surface area contributed by atoms with Crippen molar-refractivity contribution < 1.29 is 38.1 Å². The Balaban J connectivity index is 1.44. The van der Waals surface area contributed by atoms with Gasteiger partial charge in [-0.05, 0) is 42.7 Å². The van der Waals surface area contributed by atoms with Crippen LogP contribution in [-0.2, 0) is 16.0 Å². The molecule has 1 unspecified atom stereocenters. The van der Waals surface area contributed by atoms with Crippen LogP contribution in [0.15, 0.2) is 36.7 Å². The number of carboxylic acid groups (broad SMARTS) is 1. The maximum absolute atomic E-state index is 13.2. The number of β-lactam (4-membered cyclic amide) rings is 1. The Morgan fingerprint density at radius 2 is 2.03 bits per heavy atom. The normalized spacial score (nSPS) is 22.9. The van der Waals surface area contributed by atoms with E-state index in [1.54, 1.807) is 13.0 Å². The standard InChI is InChI=1S/C20H18ClF2N3O6/c1-9(11-2-3-14-15(6-11)32-20(22,23)31-14)25-19(30)26-16(18(28)29)13(17(26)27)5-10-4-12(21)8-24-7-10/h2-4,6-9,13,16,19,25,30H,5H2,1H3,(H,28,29)/t9-,13-,16+,19?/m1/s1. The molecule has 3 N–H and O–H groups in total.